The van der Waals surface area contributed by atoms with Crippen LogP contribution < -0.4 is 0 Å². The molecule has 1 heterocycles. The molecule has 0 fully saturated rings. The number of carboxylic acids is 1. The van der Waals surface area contributed by atoms with Gasteiger partial charge in [-0.05, 0) is 36.4 Å². The number of halogens is 6. The topological polar surface area (TPSA) is 50.2 Å². The van der Waals surface area contributed by atoms with Gasteiger partial charge in [0.25, 0.3) is 0 Å². The zero-order valence-corrected chi connectivity index (χ0v) is 14.3. The van der Waals surface area contributed by atoms with Gasteiger partial charge in [0.1, 0.15) is 0 Å². The lowest BCUT2D eigenvalue weighted by Gasteiger charge is -2.11. The van der Waals surface area contributed by atoms with E-state index in [1.807, 2.05) is 0 Å². The number of hydrogen-bond donors (Lipinski definition) is 1. The van der Waals surface area contributed by atoms with E-state index in [1.165, 1.54) is 12.1 Å². The third-order valence-corrected chi connectivity index (χ3v) is 4.09. The maximum Gasteiger partial charge on any atom is 0.416 e. The Morgan fingerprint density at radius 3 is 1.31 bits per heavy atom. The molecule has 0 saturated carbocycles. The van der Waals surface area contributed by atoms with Gasteiger partial charge in [0.15, 0.2) is 0 Å². The molecule has 0 bridgehead atoms. The maximum atomic E-state index is 12.7. The molecule has 0 amide bonds. The molecule has 0 saturated heterocycles. The van der Waals surface area contributed by atoms with Gasteiger partial charge < -0.3 is 5.11 Å². The first-order valence-electron chi connectivity index (χ1n) is 8.06. The molecule has 0 aliphatic heterocycles. The van der Waals surface area contributed by atoms with Gasteiger partial charge in [0, 0.05) is 11.1 Å². The molecule has 9 heteroatoms. The Hall–Kier alpha value is -3.36. The van der Waals surface area contributed by atoms with Crippen molar-refractivity contribution in [2.75, 3.05) is 0 Å². The standard InChI is InChI=1S/C20H11F6NO2/c21-19(22,23)14-5-1-11(2-6-14)16-9-13(18(28)29)10-17(27-16)12-3-7-15(8-4-12)20(24,25)26/h1-10H,(H,28,29). The minimum Gasteiger partial charge on any atom is -0.478 e. The van der Waals surface area contributed by atoms with Crippen molar-refractivity contribution in [3.05, 3.63) is 77.4 Å². The van der Waals surface area contributed by atoms with E-state index < -0.39 is 29.4 Å². The minimum atomic E-state index is -4.53. The first-order chi connectivity index (χ1) is 13.4. The van der Waals surface area contributed by atoms with Crippen LogP contribution in [-0.2, 0) is 12.4 Å². The van der Waals surface area contributed by atoms with Gasteiger partial charge >= 0.3 is 18.3 Å². The van der Waals surface area contributed by atoms with Gasteiger partial charge in [-0.1, -0.05) is 24.3 Å². The van der Waals surface area contributed by atoms with Crippen LogP contribution in [0.4, 0.5) is 26.3 Å². The second-order valence-electron chi connectivity index (χ2n) is 6.08. The molecule has 0 unspecified atom stereocenters. The molecule has 1 N–H and O–H groups in total. The Morgan fingerprint density at radius 2 is 1.03 bits per heavy atom. The highest BCUT2D eigenvalue weighted by molar-refractivity contribution is 5.90. The quantitative estimate of drug-likeness (QED) is 0.526. The number of aromatic carboxylic acids is 1. The number of hydrogen-bond acceptors (Lipinski definition) is 2. The largest absolute Gasteiger partial charge is 0.478 e. The molecule has 29 heavy (non-hydrogen) atoms. The number of nitrogens with zero attached hydrogens (tertiary/aromatic N) is 1. The predicted octanol–water partition coefficient (Wildman–Crippen LogP) is 6.15. The molecule has 0 aliphatic rings. The van der Waals surface area contributed by atoms with E-state index in [0.717, 1.165) is 48.5 Å². The van der Waals surface area contributed by atoms with Crippen LogP contribution in [0.15, 0.2) is 60.7 Å². The van der Waals surface area contributed by atoms with Crippen molar-refractivity contribution in [3.8, 4) is 22.5 Å². The number of benzene rings is 2. The highest BCUT2D eigenvalue weighted by atomic mass is 19.4. The van der Waals surface area contributed by atoms with Crippen molar-refractivity contribution in [2.45, 2.75) is 12.4 Å². The van der Waals surface area contributed by atoms with Crippen LogP contribution in [0.2, 0.25) is 0 Å². The zero-order chi connectivity index (χ0) is 21.4. The predicted molar refractivity (Wildman–Crippen MR) is 92.1 cm³/mol. The molecule has 150 valence electrons. The van der Waals surface area contributed by atoms with E-state index in [1.54, 1.807) is 0 Å². The smallest absolute Gasteiger partial charge is 0.416 e. The first kappa shape index (κ1) is 20.4. The summed E-state index contributed by atoms with van der Waals surface area (Å²) < 4.78 is 76.3. The van der Waals surface area contributed by atoms with Crippen molar-refractivity contribution in [1.82, 2.24) is 4.98 Å². The van der Waals surface area contributed by atoms with Crippen molar-refractivity contribution < 1.29 is 36.2 Å². The fourth-order valence-corrected chi connectivity index (χ4v) is 2.61. The monoisotopic (exact) mass is 411 g/mol. The molecule has 2 aromatic carbocycles. The molecular weight excluding hydrogens is 400 g/mol. The Morgan fingerprint density at radius 1 is 0.690 bits per heavy atom. The molecule has 0 atom stereocenters. The summed E-state index contributed by atoms with van der Waals surface area (Å²) in [6, 6.07) is 10.3. The fraction of sp³-hybridized carbons (Fsp3) is 0.100. The number of alkyl halides is 6. The van der Waals surface area contributed by atoms with Crippen molar-refractivity contribution in [3.63, 3.8) is 0 Å². The van der Waals surface area contributed by atoms with E-state index >= 15 is 0 Å². The summed E-state index contributed by atoms with van der Waals surface area (Å²) in [6.07, 6.45) is -9.06. The van der Waals surface area contributed by atoms with Crippen molar-refractivity contribution in [2.24, 2.45) is 0 Å². The number of rotatable bonds is 3. The summed E-state index contributed by atoms with van der Waals surface area (Å²) in [5, 5.41) is 9.30. The lowest BCUT2D eigenvalue weighted by atomic mass is 10.0. The molecule has 0 aliphatic carbocycles. The van der Waals surface area contributed by atoms with Gasteiger partial charge in [0.05, 0.1) is 28.1 Å². The Kier molecular flexibility index (Phi) is 5.08. The molecule has 0 spiro atoms. The third kappa shape index (κ3) is 4.56. The number of carbonyl (C=O) groups is 1. The summed E-state index contributed by atoms with van der Waals surface area (Å²) in [4.78, 5) is 15.6. The van der Waals surface area contributed by atoms with Gasteiger partial charge in [-0.25, -0.2) is 9.78 Å². The Labute approximate surface area is 160 Å². The Bertz CT molecular complexity index is 963. The lowest BCUT2D eigenvalue weighted by Crippen LogP contribution is -2.05. The van der Waals surface area contributed by atoms with E-state index in [0.29, 0.717) is 0 Å². The van der Waals surface area contributed by atoms with E-state index in [2.05, 4.69) is 4.98 Å². The summed E-state index contributed by atoms with van der Waals surface area (Å²) in [5.41, 5.74) is -1.34. The van der Waals surface area contributed by atoms with Crippen LogP contribution >= 0.6 is 0 Å². The van der Waals surface area contributed by atoms with Crippen LogP contribution in [-0.4, -0.2) is 16.1 Å². The molecular formula is C20H11F6NO2. The van der Waals surface area contributed by atoms with Crippen LogP contribution in [0.3, 0.4) is 0 Å². The average molecular weight is 411 g/mol. The van der Waals surface area contributed by atoms with Crippen LogP contribution in [0.25, 0.3) is 22.5 Å². The first-order valence-corrected chi connectivity index (χ1v) is 8.06. The zero-order valence-electron chi connectivity index (χ0n) is 14.3. The fourth-order valence-electron chi connectivity index (χ4n) is 2.61. The van der Waals surface area contributed by atoms with Crippen LogP contribution in [0.1, 0.15) is 21.5 Å². The number of pyridine rings is 1. The molecule has 3 rings (SSSR count). The van der Waals surface area contributed by atoms with E-state index in [-0.39, 0.29) is 28.1 Å². The molecule has 3 aromatic rings. The van der Waals surface area contributed by atoms with Crippen LogP contribution in [0.5, 0.6) is 0 Å². The SMILES string of the molecule is O=C(O)c1cc(-c2ccc(C(F)(F)F)cc2)nc(-c2ccc(C(F)(F)F)cc2)c1. The van der Waals surface area contributed by atoms with Crippen molar-refractivity contribution >= 4 is 5.97 Å². The van der Waals surface area contributed by atoms with Crippen LogP contribution in [0, 0.1) is 0 Å². The normalized spacial score (nSPS) is 12.1. The lowest BCUT2D eigenvalue weighted by molar-refractivity contribution is -0.138. The maximum absolute atomic E-state index is 12.7. The molecule has 1 aromatic heterocycles. The van der Waals surface area contributed by atoms with Gasteiger partial charge in [-0.15, -0.1) is 0 Å². The third-order valence-electron chi connectivity index (χ3n) is 4.09. The van der Waals surface area contributed by atoms with E-state index in [4.69, 9.17) is 0 Å². The Balaban J connectivity index is 2.06. The average Bonchev–Trinajstić information content (AvgIpc) is 2.66. The summed E-state index contributed by atoms with van der Waals surface area (Å²) in [6.45, 7) is 0. The van der Waals surface area contributed by atoms with E-state index in [9.17, 15) is 36.2 Å². The van der Waals surface area contributed by atoms with Gasteiger partial charge in [-0.3, -0.25) is 0 Å². The van der Waals surface area contributed by atoms with Gasteiger partial charge in [0.2, 0.25) is 0 Å². The number of aromatic nitrogens is 1. The minimum absolute atomic E-state index is 0.0773. The second-order valence-corrected chi connectivity index (χ2v) is 6.08. The second kappa shape index (κ2) is 7.23. The highest BCUT2D eigenvalue weighted by Crippen LogP contribution is 2.33. The molecule has 0 radical (unpaired) electrons. The number of carboxylic acid groups (broad SMARTS) is 1. The highest BCUT2D eigenvalue weighted by Gasteiger charge is 2.31. The van der Waals surface area contributed by atoms with Crippen molar-refractivity contribution in [1.29, 1.82) is 0 Å². The van der Waals surface area contributed by atoms with Gasteiger partial charge in [-0.2, -0.15) is 26.3 Å². The molecule has 3 nitrogen and oxygen atoms in total. The summed E-state index contributed by atoms with van der Waals surface area (Å²) in [7, 11) is 0. The summed E-state index contributed by atoms with van der Waals surface area (Å²) in [5.74, 6) is -1.31. The summed E-state index contributed by atoms with van der Waals surface area (Å²) >= 11 is 0.